The van der Waals surface area contributed by atoms with Crippen molar-refractivity contribution in [2.75, 3.05) is 23.8 Å². The molecule has 1 aliphatic rings. The molecule has 5 nitrogen and oxygen atoms in total. The number of nitrogens with two attached hydrogens (primary N) is 1. The fourth-order valence-electron chi connectivity index (χ4n) is 3.05. The van der Waals surface area contributed by atoms with Crippen molar-refractivity contribution in [1.29, 1.82) is 0 Å². The average molecular weight is 304 g/mol. The van der Waals surface area contributed by atoms with Gasteiger partial charge in [-0.05, 0) is 42.1 Å². The first-order valence-electron chi connectivity index (χ1n) is 7.34. The lowest BCUT2D eigenvalue weighted by atomic mass is 10.1. The van der Waals surface area contributed by atoms with Crippen molar-refractivity contribution in [3.05, 3.63) is 24.5 Å². The van der Waals surface area contributed by atoms with E-state index in [0.29, 0.717) is 18.4 Å². The third-order valence-corrected chi connectivity index (χ3v) is 4.94. The maximum Gasteiger partial charge on any atom is 0.147 e. The maximum absolute atomic E-state index is 9.43. The molecule has 0 atom stereocenters. The zero-order valence-corrected chi connectivity index (χ0v) is 12.7. The predicted octanol–water partition coefficient (Wildman–Crippen LogP) is 2.53. The third kappa shape index (κ3) is 2.87. The SMILES string of the molecule is Nc1nsc(N(CCO)C2CCCC2)c1-c1ccncc1. The van der Waals surface area contributed by atoms with Gasteiger partial charge in [0.25, 0.3) is 0 Å². The number of nitrogens with zero attached hydrogens (tertiary/aromatic N) is 3. The van der Waals surface area contributed by atoms with Gasteiger partial charge in [-0.2, -0.15) is 4.37 Å². The van der Waals surface area contributed by atoms with Gasteiger partial charge in [0.05, 0.1) is 12.2 Å². The molecule has 6 heteroatoms. The normalized spacial score (nSPS) is 15.5. The summed E-state index contributed by atoms with van der Waals surface area (Å²) >= 11 is 1.43. The van der Waals surface area contributed by atoms with E-state index >= 15 is 0 Å². The zero-order valence-electron chi connectivity index (χ0n) is 11.9. The molecular formula is C15H20N4OS. The summed E-state index contributed by atoms with van der Waals surface area (Å²) in [6.07, 6.45) is 8.39. The lowest BCUT2D eigenvalue weighted by Crippen LogP contribution is -2.35. The van der Waals surface area contributed by atoms with Gasteiger partial charge in [-0.3, -0.25) is 4.98 Å². The molecule has 2 aromatic heterocycles. The van der Waals surface area contributed by atoms with Crippen molar-refractivity contribution in [3.63, 3.8) is 0 Å². The van der Waals surface area contributed by atoms with Crippen molar-refractivity contribution < 1.29 is 5.11 Å². The third-order valence-electron chi connectivity index (χ3n) is 4.04. The first-order valence-corrected chi connectivity index (χ1v) is 8.11. The van der Waals surface area contributed by atoms with Gasteiger partial charge in [0.1, 0.15) is 10.8 Å². The van der Waals surface area contributed by atoms with Gasteiger partial charge < -0.3 is 15.7 Å². The second-order valence-corrected chi connectivity index (χ2v) is 6.09. The van der Waals surface area contributed by atoms with Crippen LogP contribution in [0.4, 0.5) is 10.8 Å². The molecule has 0 aromatic carbocycles. The van der Waals surface area contributed by atoms with Crippen LogP contribution in [0, 0.1) is 0 Å². The molecule has 1 aliphatic carbocycles. The van der Waals surface area contributed by atoms with Crippen LogP contribution in [0.15, 0.2) is 24.5 Å². The van der Waals surface area contributed by atoms with E-state index < -0.39 is 0 Å². The van der Waals surface area contributed by atoms with Crippen molar-refractivity contribution in [2.24, 2.45) is 0 Å². The van der Waals surface area contributed by atoms with Crippen LogP contribution in [0.2, 0.25) is 0 Å². The lowest BCUT2D eigenvalue weighted by molar-refractivity contribution is 0.297. The quantitative estimate of drug-likeness (QED) is 0.888. The summed E-state index contributed by atoms with van der Waals surface area (Å²) in [7, 11) is 0. The molecule has 112 valence electrons. The topological polar surface area (TPSA) is 75.3 Å². The van der Waals surface area contributed by atoms with E-state index in [-0.39, 0.29) is 6.61 Å². The molecular weight excluding hydrogens is 284 g/mol. The van der Waals surface area contributed by atoms with E-state index in [1.54, 1.807) is 12.4 Å². The molecule has 1 fully saturated rings. The summed E-state index contributed by atoms with van der Waals surface area (Å²) in [4.78, 5) is 6.35. The van der Waals surface area contributed by atoms with Gasteiger partial charge in [0.15, 0.2) is 0 Å². The highest BCUT2D eigenvalue weighted by atomic mass is 32.1. The van der Waals surface area contributed by atoms with Crippen molar-refractivity contribution in [1.82, 2.24) is 9.36 Å². The fourth-order valence-corrected chi connectivity index (χ4v) is 3.99. The minimum Gasteiger partial charge on any atom is -0.395 e. The Hall–Kier alpha value is -1.66. The molecule has 2 heterocycles. The van der Waals surface area contributed by atoms with Crippen molar-refractivity contribution in [2.45, 2.75) is 31.7 Å². The second-order valence-electron chi connectivity index (χ2n) is 5.34. The fraction of sp³-hybridized carbons (Fsp3) is 0.467. The lowest BCUT2D eigenvalue weighted by Gasteiger charge is -2.29. The Labute approximate surface area is 128 Å². The second kappa shape index (κ2) is 6.41. The predicted molar refractivity (Wildman–Crippen MR) is 86.4 cm³/mol. The Balaban J connectivity index is 2.00. The van der Waals surface area contributed by atoms with Crippen LogP contribution in [-0.4, -0.2) is 33.7 Å². The molecule has 3 rings (SSSR count). The van der Waals surface area contributed by atoms with E-state index in [9.17, 15) is 5.11 Å². The Bertz CT molecular complexity index is 581. The van der Waals surface area contributed by atoms with Crippen LogP contribution >= 0.6 is 11.5 Å². The molecule has 0 bridgehead atoms. The number of pyridine rings is 1. The van der Waals surface area contributed by atoms with Crippen LogP contribution in [-0.2, 0) is 0 Å². The summed E-state index contributed by atoms with van der Waals surface area (Å²) < 4.78 is 4.34. The molecule has 0 spiro atoms. The standard InChI is InChI=1S/C15H20N4OS/c16-14-13(11-5-7-17-8-6-11)15(21-18-14)19(9-10-20)12-3-1-2-4-12/h5-8,12,20H,1-4,9-10H2,(H2,16,18). The summed E-state index contributed by atoms with van der Waals surface area (Å²) in [6.45, 7) is 0.772. The number of anilines is 2. The number of aliphatic hydroxyl groups is 1. The van der Waals surface area contributed by atoms with Crippen molar-refractivity contribution in [3.8, 4) is 11.1 Å². The summed E-state index contributed by atoms with van der Waals surface area (Å²) in [5, 5.41) is 10.5. The van der Waals surface area contributed by atoms with Crippen LogP contribution < -0.4 is 10.6 Å². The zero-order chi connectivity index (χ0) is 14.7. The Morgan fingerprint density at radius 2 is 2.00 bits per heavy atom. The molecule has 2 aromatic rings. The van der Waals surface area contributed by atoms with E-state index in [4.69, 9.17) is 5.73 Å². The number of nitrogen functional groups attached to an aromatic ring is 1. The number of hydrogen-bond donors (Lipinski definition) is 2. The number of hydrogen-bond acceptors (Lipinski definition) is 6. The molecule has 0 saturated heterocycles. The van der Waals surface area contributed by atoms with Crippen LogP contribution in [0.3, 0.4) is 0 Å². The van der Waals surface area contributed by atoms with Gasteiger partial charge in [-0.1, -0.05) is 12.8 Å². The molecule has 0 radical (unpaired) electrons. The van der Waals surface area contributed by atoms with E-state index in [0.717, 1.165) is 16.1 Å². The summed E-state index contributed by atoms with van der Waals surface area (Å²) in [6, 6.07) is 4.39. The van der Waals surface area contributed by atoms with E-state index in [1.807, 2.05) is 12.1 Å². The smallest absolute Gasteiger partial charge is 0.147 e. The van der Waals surface area contributed by atoms with E-state index in [2.05, 4.69) is 14.3 Å². The Morgan fingerprint density at radius 1 is 1.29 bits per heavy atom. The minimum atomic E-state index is 0.143. The Morgan fingerprint density at radius 3 is 2.67 bits per heavy atom. The number of rotatable bonds is 5. The van der Waals surface area contributed by atoms with E-state index in [1.165, 1.54) is 37.2 Å². The summed E-state index contributed by atoms with van der Waals surface area (Å²) in [5.41, 5.74) is 8.10. The molecule has 3 N–H and O–H groups in total. The maximum atomic E-state index is 9.43. The summed E-state index contributed by atoms with van der Waals surface area (Å²) in [5.74, 6) is 0.558. The average Bonchev–Trinajstić information content (AvgIpc) is 3.15. The number of aromatic nitrogens is 2. The highest BCUT2D eigenvalue weighted by molar-refractivity contribution is 7.11. The van der Waals surface area contributed by atoms with Crippen molar-refractivity contribution >= 4 is 22.4 Å². The van der Waals surface area contributed by atoms with Gasteiger partial charge in [-0.25, -0.2) is 0 Å². The van der Waals surface area contributed by atoms with Gasteiger partial charge in [-0.15, -0.1) is 0 Å². The van der Waals surface area contributed by atoms with Gasteiger partial charge in [0.2, 0.25) is 0 Å². The molecule has 21 heavy (non-hydrogen) atoms. The molecule has 0 unspecified atom stereocenters. The van der Waals surface area contributed by atoms with Crippen LogP contribution in [0.5, 0.6) is 0 Å². The highest BCUT2D eigenvalue weighted by Gasteiger charge is 2.27. The van der Waals surface area contributed by atoms with Gasteiger partial charge >= 0.3 is 0 Å². The first-order chi connectivity index (χ1) is 10.3. The monoisotopic (exact) mass is 304 g/mol. The molecule has 0 amide bonds. The first kappa shape index (κ1) is 14.3. The molecule has 0 aliphatic heterocycles. The van der Waals surface area contributed by atoms with Gasteiger partial charge in [0, 0.05) is 25.0 Å². The van der Waals surface area contributed by atoms with Crippen LogP contribution in [0.1, 0.15) is 25.7 Å². The van der Waals surface area contributed by atoms with Crippen LogP contribution in [0.25, 0.3) is 11.1 Å². The Kier molecular flexibility index (Phi) is 4.36. The largest absolute Gasteiger partial charge is 0.395 e. The number of aliphatic hydroxyl groups excluding tert-OH is 1. The minimum absolute atomic E-state index is 0.143. The molecule has 1 saturated carbocycles. The highest BCUT2D eigenvalue weighted by Crippen LogP contribution is 2.41.